The number of carbonyl (C=O) groups is 3. The van der Waals surface area contributed by atoms with E-state index in [1.807, 2.05) is 0 Å². The first kappa shape index (κ1) is 30.6. The first-order valence-electron chi connectivity index (χ1n) is 11.3. The largest absolute Gasteiger partial charge is 0.416 e. The van der Waals surface area contributed by atoms with Crippen LogP contribution in [0.2, 0.25) is 0 Å². The van der Waals surface area contributed by atoms with Crippen LogP contribution in [0.3, 0.4) is 0 Å². The van der Waals surface area contributed by atoms with Gasteiger partial charge in [-0.25, -0.2) is 18.4 Å². The maximum Gasteiger partial charge on any atom is 0.416 e. The number of hydrogen-bond donors (Lipinski definition) is 5. The smallest absolute Gasteiger partial charge is 0.337 e. The number of nitrogens with one attached hydrogen (secondary N) is 4. The highest BCUT2D eigenvalue weighted by Gasteiger charge is 2.31. The fourth-order valence-electron chi connectivity index (χ4n) is 3.42. The Morgan fingerprint density at radius 1 is 1.26 bits per heavy atom. The van der Waals surface area contributed by atoms with Gasteiger partial charge >= 0.3 is 18.2 Å². The van der Waals surface area contributed by atoms with Crippen LogP contribution >= 0.6 is 11.9 Å². The highest BCUT2D eigenvalue weighted by atomic mass is 32.2. The van der Waals surface area contributed by atoms with Gasteiger partial charge in [0.2, 0.25) is 0 Å². The van der Waals surface area contributed by atoms with Crippen LogP contribution < -0.4 is 27.0 Å². The molecule has 0 fully saturated rings. The molecule has 0 bridgehead atoms. The number of anilines is 1. The fourth-order valence-corrected chi connectivity index (χ4v) is 3.82. The van der Waals surface area contributed by atoms with E-state index in [4.69, 9.17) is 5.73 Å². The molecule has 4 amide bonds. The number of aldehydes is 1. The Morgan fingerprint density at radius 3 is 2.61 bits per heavy atom. The topological polar surface area (TPSA) is 138 Å². The zero-order valence-corrected chi connectivity index (χ0v) is 21.4. The maximum absolute atomic E-state index is 14.0. The Balaban J connectivity index is 2.10. The molecule has 0 spiro atoms. The number of nitrogens with zero attached hydrogens (tertiary/aromatic N) is 1. The molecule has 6 N–H and O–H groups in total. The molecule has 1 aliphatic rings. The number of halogens is 4. The number of nitrogens with two attached hydrogens (primary N) is 1. The Hall–Kier alpha value is -3.65. The van der Waals surface area contributed by atoms with Crippen molar-refractivity contribution in [3.63, 3.8) is 0 Å². The van der Waals surface area contributed by atoms with Crippen molar-refractivity contribution in [1.29, 1.82) is 0 Å². The van der Waals surface area contributed by atoms with E-state index < -0.39 is 41.3 Å². The van der Waals surface area contributed by atoms with Crippen LogP contribution in [0.15, 0.2) is 57.7 Å². The van der Waals surface area contributed by atoms with Crippen LogP contribution in [-0.4, -0.2) is 49.4 Å². The molecule has 9 nitrogen and oxygen atoms in total. The number of benzene rings is 1. The highest BCUT2D eigenvalue weighted by molar-refractivity contribution is 7.97. The van der Waals surface area contributed by atoms with Gasteiger partial charge in [0.05, 0.1) is 23.0 Å². The number of allylic oxidation sites excluding steroid dienone is 2. The molecule has 1 aromatic rings. The quantitative estimate of drug-likeness (QED) is 0.0973. The number of carbonyl (C=O) groups excluding carboxylic acids is 3. The zero-order valence-electron chi connectivity index (χ0n) is 20.6. The molecule has 0 saturated carbocycles. The van der Waals surface area contributed by atoms with Gasteiger partial charge in [-0.2, -0.15) is 13.2 Å². The third kappa shape index (κ3) is 9.03. The Bertz CT molecular complexity index is 1160. The molecule has 1 aromatic carbocycles. The minimum atomic E-state index is -4.69. The second-order valence-corrected chi connectivity index (χ2v) is 8.50. The maximum atomic E-state index is 14.0. The molecule has 38 heavy (non-hydrogen) atoms. The van der Waals surface area contributed by atoms with Crippen molar-refractivity contribution in [1.82, 2.24) is 16.0 Å². The van der Waals surface area contributed by atoms with Gasteiger partial charge in [0.1, 0.15) is 12.1 Å². The van der Waals surface area contributed by atoms with Crippen molar-refractivity contribution >= 4 is 41.7 Å². The molecule has 1 atom stereocenters. The number of hydrogen-bond acceptors (Lipinski definition) is 6. The van der Waals surface area contributed by atoms with E-state index in [1.54, 1.807) is 25.3 Å². The molecule has 14 heteroatoms. The van der Waals surface area contributed by atoms with Crippen molar-refractivity contribution < 1.29 is 31.9 Å². The lowest BCUT2D eigenvalue weighted by atomic mass is 9.90. The standard InChI is InChI=1S/C24H28F4N6O3S/c1-14-10-17(32-23(37)33-20-11-16(24(26,27)28)4-7-19(20)25)5-6-18(14)21(34-38-2)15(12-29)13-31-22(36)30-8-3-9-35/h4,6-7,9-11,13,17H,3,5,8,12,29H2,1-2H3,(H2,30,31,36)(H2,32,33,37)/b15-13+,34-21?. The van der Waals surface area contributed by atoms with E-state index >= 15 is 0 Å². The van der Waals surface area contributed by atoms with E-state index in [0.29, 0.717) is 47.8 Å². The van der Waals surface area contributed by atoms with E-state index in [1.165, 1.54) is 18.1 Å². The normalized spacial score (nSPS) is 16.2. The van der Waals surface area contributed by atoms with E-state index in [9.17, 15) is 31.9 Å². The van der Waals surface area contributed by atoms with Gasteiger partial charge in [-0.05, 0) is 54.6 Å². The Morgan fingerprint density at radius 2 is 2.00 bits per heavy atom. The van der Waals surface area contributed by atoms with Gasteiger partial charge in [-0.1, -0.05) is 12.2 Å². The summed E-state index contributed by atoms with van der Waals surface area (Å²) in [7, 11) is 0. The number of urea groups is 2. The lowest BCUT2D eigenvalue weighted by Gasteiger charge is -2.23. The van der Waals surface area contributed by atoms with Crippen molar-refractivity contribution in [2.75, 3.05) is 24.7 Å². The van der Waals surface area contributed by atoms with Gasteiger partial charge in [-0.15, -0.1) is 0 Å². The molecule has 1 unspecified atom stereocenters. The first-order valence-corrected chi connectivity index (χ1v) is 12.5. The average Bonchev–Trinajstić information content (AvgIpc) is 2.85. The van der Waals surface area contributed by atoms with Gasteiger partial charge in [0.25, 0.3) is 0 Å². The molecule has 206 valence electrons. The van der Waals surface area contributed by atoms with Crippen molar-refractivity contribution in [2.24, 2.45) is 10.1 Å². The fraction of sp³-hybridized carbons (Fsp3) is 0.333. The van der Waals surface area contributed by atoms with Crippen molar-refractivity contribution in [2.45, 2.75) is 32.0 Å². The lowest BCUT2D eigenvalue weighted by Crippen LogP contribution is -2.38. The second kappa shape index (κ2) is 14.3. The third-order valence-corrected chi connectivity index (χ3v) is 5.56. The molecule has 0 radical (unpaired) electrons. The van der Waals surface area contributed by atoms with Crippen molar-refractivity contribution in [3.8, 4) is 0 Å². The van der Waals surface area contributed by atoms with Crippen LogP contribution in [0.4, 0.5) is 32.8 Å². The number of rotatable bonds is 10. The molecular formula is C24H28F4N6O3S. The number of amides is 4. The third-order valence-electron chi connectivity index (χ3n) is 5.20. The average molecular weight is 557 g/mol. The minimum Gasteiger partial charge on any atom is -0.337 e. The Kier molecular flexibility index (Phi) is 11.5. The minimum absolute atomic E-state index is 0.0469. The van der Waals surface area contributed by atoms with E-state index in [-0.39, 0.29) is 19.5 Å². The van der Waals surface area contributed by atoms with Crippen LogP contribution in [0.1, 0.15) is 25.3 Å². The summed E-state index contributed by atoms with van der Waals surface area (Å²) in [4.78, 5) is 34.7. The lowest BCUT2D eigenvalue weighted by molar-refractivity contribution is -0.137. The number of alkyl halides is 3. The summed E-state index contributed by atoms with van der Waals surface area (Å²) in [6.07, 6.45) is 3.17. The van der Waals surface area contributed by atoms with Crippen LogP contribution in [-0.2, 0) is 11.0 Å². The molecule has 0 heterocycles. The predicted molar refractivity (Wildman–Crippen MR) is 139 cm³/mol. The van der Waals surface area contributed by atoms with Gasteiger partial charge in [-0.3, -0.25) is 0 Å². The summed E-state index contributed by atoms with van der Waals surface area (Å²) in [5, 5.41) is 9.77. The van der Waals surface area contributed by atoms with Gasteiger partial charge in [0.15, 0.2) is 0 Å². The molecule has 0 aromatic heterocycles. The molecule has 0 aliphatic heterocycles. The SMILES string of the molecule is CSN=C(C1=CCC(NC(=O)Nc2cc(C(F)(F)F)ccc2F)C=C1C)/C(=C/NC(=O)NCCC=O)CN. The molecule has 1 aliphatic carbocycles. The zero-order chi connectivity index (χ0) is 28.3. The van der Waals surface area contributed by atoms with Crippen molar-refractivity contribution in [3.05, 3.63) is 64.7 Å². The first-order chi connectivity index (χ1) is 18.0. The van der Waals surface area contributed by atoms with Gasteiger partial charge in [0, 0.05) is 37.5 Å². The van der Waals surface area contributed by atoms with Crippen LogP contribution in [0.25, 0.3) is 0 Å². The second-order valence-electron chi connectivity index (χ2n) is 7.95. The molecule has 0 saturated heterocycles. The summed E-state index contributed by atoms with van der Waals surface area (Å²) in [5.41, 5.74) is 6.66. The summed E-state index contributed by atoms with van der Waals surface area (Å²) in [6, 6.07) is -0.173. The summed E-state index contributed by atoms with van der Waals surface area (Å²) in [5.74, 6) is -1.00. The Labute approximate surface area is 221 Å². The molecular weight excluding hydrogens is 528 g/mol. The summed E-state index contributed by atoms with van der Waals surface area (Å²) in [6.45, 7) is 2.00. The predicted octanol–water partition coefficient (Wildman–Crippen LogP) is 4.06. The summed E-state index contributed by atoms with van der Waals surface area (Å²) >= 11 is 1.18. The van der Waals surface area contributed by atoms with E-state index in [2.05, 4.69) is 25.7 Å². The highest BCUT2D eigenvalue weighted by Crippen LogP contribution is 2.32. The van der Waals surface area contributed by atoms with E-state index in [0.717, 1.165) is 5.57 Å². The van der Waals surface area contributed by atoms with Gasteiger partial charge < -0.3 is 31.8 Å². The molecule has 2 rings (SSSR count). The van der Waals surface area contributed by atoms with Crippen LogP contribution in [0.5, 0.6) is 0 Å². The van der Waals surface area contributed by atoms with Crippen LogP contribution in [0, 0.1) is 5.82 Å². The monoisotopic (exact) mass is 556 g/mol. The summed E-state index contributed by atoms with van der Waals surface area (Å²) < 4.78 is 57.2.